The van der Waals surface area contributed by atoms with Crippen molar-refractivity contribution in [2.24, 2.45) is 0 Å². The number of aliphatic hydroxyl groups is 1. The lowest BCUT2D eigenvalue weighted by molar-refractivity contribution is -0.203. The van der Waals surface area contributed by atoms with Crippen LogP contribution in [0.5, 0.6) is 0 Å². The Morgan fingerprint density at radius 3 is 1.82 bits per heavy atom. The van der Waals surface area contributed by atoms with E-state index >= 15 is 0 Å². The predicted octanol–water partition coefficient (Wildman–Crippen LogP) is 0.663. The van der Waals surface area contributed by atoms with Crippen molar-refractivity contribution in [3.05, 3.63) is 0 Å². The largest absolute Gasteiger partial charge is 0.376 e. The van der Waals surface area contributed by atoms with E-state index in [0.717, 1.165) is 38.5 Å². The lowest BCUT2D eigenvalue weighted by atomic mass is 9.86. The number of hydrogen-bond acceptors (Lipinski definition) is 10. The van der Waals surface area contributed by atoms with E-state index in [-0.39, 0.29) is 69.9 Å². The number of likely N-dealkylation sites (N-methyl/N-ethyl adjacent to an activating group) is 2. The highest BCUT2D eigenvalue weighted by molar-refractivity contribution is 5.84. The molecule has 2 amide bonds. The molecule has 12 heteroatoms. The SMILES string of the molecule is C.C.C=O.COC(OC)C1C2CCCC(C(=O)N1CO)N2C.COC(OC)C1NC(=O)C2CCCC1N2C. The molecule has 38 heavy (non-hydrogen) atoms. The Labute approximate surface area is 228 Å². The number of ether oxygens (including phenoxy) is 4. The van der Waals surface area contributed by atoms with E-state index in [2.05, 4.69) is 15.1 Å². The second-order valence-electron chi connectivity index (χ2n) is 9.51. The van der Waals surface area contributed by atoms with Crippen molar-refractivity contribution in [1.29, 1.82) is 0 Å². The lowest BCUT2D eigenvalue weighted by Crippen LogP contribution is -2.70. The molecule has 0 radical (unpaired) electrons. The van der Waals surface area contributed by atoms with Gasteiger partial charge in [0.25, 0.3) is 0 Å². The minimum atomic E-state index is -0.507. The van der Waals surface area contributed by atoms with Crippen LogP contribution in [-0.2, 0) is 33.3 Å². The van der Waals surface area contributed by atoms with Crippen LogP contribution in [0.2, 0.25) is 0 Å². The van der Waals surface area contributed by atoms with Gasteiger partial charge in [-0.1, -0.05) is 14.9 Å². The molecule has 0 spiro atoms. The van der Waals surface area contributed by atoms with Crippen molar-refractivity contribution in [3.8, 4) is 0 Å². The van der Waals surface area contributed by atoms with Crippen LogP contribution in [0.15, 0.2) is 0 Å². The molecule has 4 bridgehead atoms. The molecule has 4 fully saturated rings. The third kappa shape index (κ3) is 7.29. The van der Waals surface area contributed by atoms with Crippen LogP contribution in [0, 0.1) is 0 Å². The maximum atomic E-state index is 12.3. The molecule has 2 N–H and O–H groups in total. The molecule has 4 aliphatic rings. The van der Waals surface area contributed by atoms with Gasteiger partial charge in [0.15, 0.2) is 12.6 Å². The summed E-state index contributed by atoms with van der Waals surface area (Å²) < 4.78 is 21.1. The quantitative estimate of drug-likeness (QED) is 0.438. The Bertz CT molecular complexity index is 709. The Hall–Kier alpha value is -1.67. The number of amides is 2. The molecule has 0 aromatic rings. The second-order valence-corrected chi connectivity index (χ2v) is 9.51. The number of fused-ring (bicyclic) bond motifs is 4. The number of carbonyl (C=O) groups excluding carboxylic acids is 3. The summed E-state index contributed by atoms with van der Waals surface area (Å²) >= 11 is 0. The van der Waals surface area contributed by atoms with Gasteiger partial charge < -0.3 is 39.1 Å². The van der Waals surface area contributed by atoms with Crippen LogP contribution in [0.1, 0.15) is 53.4 Å². The Morgan fingerprint density at radius 2 is 1.32 bits per heavy atom. The fourth-order valence-electron chi connectivity index (χ4n) is 6.18. The first-order valence-corrected chi connectivity index (χ1v) is 12.4. The maximum absolute atomic E-state index is 12.3. The molecule has 4 saturated heterocycles. The number of nitrogens with zero attached hydrogens (tertiary/aromatic N) is 3. The molecule has 224 valence electrons. The van der Waals surface area contributed by atoms with Crippen molar-refractivity contribution in [2.45, 2.75) is 102 Å². The van der Waals surface area contributed by atoms with Crippen molar-refractivity contribution in [3.63, 3.8) is 0 Å². The lowest BCUT2D eigenvalue weighted by Gasteiger charge is -2.53. The zero-order chi connectivity index (χ0) is 27.0. The van der Waals surface area contributed by atoms with Crippen LogP contribution in [0.3, 0.4) is 0 Å². The van der Waals surface area contributed by atoms with E-state index in [1.165, 1.54) is 4.90 Å². The molecule has 6 unspecified atom stereocenters. The summed E-state index contributed by atoms with van der Waals surface area (Å²) in [6.45, 7) is 1.72. The highest BCUT2D eigenvalue weighted by Gasteiger charge is 2.50. The van der Waals surface area contributed by atoms with Gasteiger partial charge in [0.05, 0.1) is 18.1 Å². The van der Waals surface area contributed by atoms with Crippen molar-refractivity contribution >= 4 is 18.6 Å². The van der Waals surface area contributed by atoms with Crippen LogP contribution >= 0.6 is 0 Å². The zero-order valence-corrected chi connectivity index (χ0v) is 22.4. The summed E-state index contributed by atoms with van der Waals surface area (Å²) in [5.41, 5.74) is 0. The minimum Gasteiger partial charge on any atom is -0.376 e. The van der Waals surface area contributed by atoms with E-state index < -0.39 is 6.29 Å². The number of aliphatic hydroxyl groups excluding tert-OH is 1. The topological polar surface area (TPSA) is 130 Å². The zero-order valence-electron chi connectivity index (χ0n) is 22.4. The number of methoxy groups -OCH3 is 4. The third-order valence-corrected chi connectivity index (χ3v) is 7.99. The normalized spacial score (nSPS) is 30.7. The van der Waals surface area contributed by atoms with Gasteiger partial charge in [0.1, 0.15) is 19.6 Å². The highest BCUT2D eigenvalue weighted by atomic mass is 16.7. The van der Waals surface area contributed by atoms with E-state index in [1.807, 2.05) is 20.9 Å². The molecule has 4 rings (SSSR count). The number of piperidine rings is 2. The van der Waals surface area contributed by atoms with Crippen molar-refractivity contribution in [1.82, 2.24) is 20.0 Å². The first-order chi connectivity index (χ1) is 17.3. The number of likely N-dealkylation sites (tertiary alicyclic amines) is 1. The van der Waals surface area contributed by atoms with Gasteiger partial charge in [-0.25, -0.2) is 0 Å². The van der Waals surface area contributed by atoms with Gasteiger partial charge in [-0.15, -0.1) is 0 Å². The molecule has 6 atom stereocenters. The number of carbonyl (C=O) groups is 3. The second kappa shape index (κ2) is 17.1. The van der Waals surface area contributed by atoms with Crippen LogP contribution in [0.25, 0.3) is 0 Å². The highest BCUT2D eigenvalue weighted by Crippen LogP contribution is 2.34. The Morgan fingerprint density at radius 1 is 0.842 bits per heavy atom. The fourth-order valence-corrected chi connectivity index (χ4v) is 6.18. The average molecular weight is 549 g/mol. The number of rotatable bonds is 7. The van der Waals surface area contributed by atoms with Crippen LogP contribution in [0.4, 0.5) is 0 Å². The fraction of sp³-hybridized carbons (Fsp3) is 0.885. The molecule has 4 heterocycles. The molecular formula is C26H52N4O8. The summed E-state index contributed by atoms with van der Waals surface area (Å²) in [5.74, 6) is 0.0719. The molecule has 0 saturated carbocycles. The Balaban J connectivity index is 0.000000648. The van der Waals surface area contributed by atoms with E-state index in [0.29, 0.717) is 6.04 Å². The van der Waals surface area contributed by atoms with Crippen molar-refractivity contribution in [2.75, 3.05) is 49.3 Å². The van der Waals surface area contributed by atoms with Gasteiger partial charge in [-0.3, -0.25) is 19.4 Å². The molecule has 0 aliphatic carbocycles. The summed E-state index contributed by atoms with van der Waals surface area (Å²) in [6, 6.07) is 0.105. The van der Waals surface area contributed by atoms with E-state index in [1.54, 1.807) is 28.4 Å². The predicted molar refractivity (Wildman–Crippen MR) is 144 cm³/mol. The van der Waals surface area contributed by atoms with Crippen LogP contribution in [-0.4, -0.2) is 137 Å². The average Bonchev–Trinajstić information content (AvgIpc) is 2.88. The van der Waals surface area contributed by atoms with E-state index in [4.69, 9.17) is 23.7 Å². The van der Waals surface area contributed by atoms with Crippen LogP contribution < -0.4 is 5.32 Å². The number of nitrogens with one attached hydrogen (secondary N) is 1. The summed E-state index contributed by atoms with van der Waals surface area (Å²) in [6.07, 6.45) is 5.15. The van der Waals surface area contributed by atoms with Gasteiger partial charge in [0, 0.05) is 40.5 Å². The number of hydrogen-bond donors (Lipinski definition) is 2. The van der Waals surface area contributed by atoms with E-state index in [9.17, 15) is 14.7 Å². The van der Waals surface area contributed by atoms with Gasteiger partial charge in [-0.2, -0.15) is 0 Å². The first-order valence-electron chi connectivity index (χ1n) is 12.4. The summed E-state index contributed by atoms with van der Waals surface area (Å²) in [4.78, 5) is 38.0. The smallest absolute Gasteiger partial charge is 0.242 e. The molecule has 0 aromatic heterocycles. The first kappa shape index (κ1) is 36.3. The molecule has 4 aliphatic heterocycles. The summed E-state index contributed by atoms with van der Waals surface area (Å²) in [5, 5.41) is 12.5. The van der Waals surface area contributed by atoms with Crippen molar-refractivity contribution < 1.29 is 38.4 Å². The molecule has 12 nitrogen and oxygen atoms in total. The van der Waals surface area contributed by atoms with Gasteiger partial charge in [0.2, 0.25) is 11.8 Å². The molecule has 0 aromatic carbocycles. The number of piperazine rings is 2. The van der Waals surface area contributed by atoms with Gasteiger partial charge in [-0.05, 0) is 52.6 Å². The van der Waals surface area contributed by atoms with Gasteiger partial charge >= 0.3 is 0 Å². The monoisotopic (exact) mass is 548 g/mol. The molecular weight excluding hydrogens is 496 g/mol. The third-order valence-electron chi connectivity index (χ3n) is 7.99. The Kier molecular flexibility index (Phi) is 16.4. The maximum Gasteiger partial charge on any atom is 0.242 e. The minimum absolute atomic E-state index is 0. The standard InChI is InChI=1S/C12H22N2O4.C11H20N2O3.CH2O.2CH4/c1-13-8-5-4-6-9(13)11(16)14(7-15)10(8)12(17-2)18-3;1-13-7-5-4-6-8(13)10(14)12-9(7)11(15-2)16-3;1-2;;/h8-10,12,15H,4-7H2,1-3H3;7-9,11H,4-6H2,1-3H3,(H,12,14);1H2;2*1H4. The summed E-state index contributed by atoms with van der Waals surface area (Å²) in [7, 11) is 10.3.